The molecule has 5 heteroatoms. The summed E-state index contributed by atoms with van der Waals surface area (Å²) in [7, 11) is 1.85. The molecule has 1 atom stereocenters. The van der Waals surface area contributed by atoms with E-state index in [9.17, 15) is 9.59 Å². The van der Waals surface area contributed by atoms with Crippen molar-refractivity contribution in [3.05, 3.63) is 94.5 Å². The van der Waals surface area contributed by atoms with Crippen LogP contribution in [0.5, 0.6) is 0 Å². The van der Waals surface area contributed by atoms with Gasteiger partial charge in [0.25, 0.3) is 11.8 Å². The Morgan fingerprint density at radius 3 is 2.00 bits per heavy atom. The standard InChI is InChI=1S/C27H31N3O2/c1-19-14-20(2)27(21(3)15-19)29-26(32)18-30(4)17-25(31)28-24-13-9-8-12-23(24)16-22-10-6-5-7-11-22/h5-15H,16-18H2,1-4H3,(H,28,31)(H,29,32)/p+1. The maximum absolute atomic E-state index is 12.6. The van der Waals surface area contributed by atoms with E-state index in [4.69, 9.17) is 0 Å². The van der Waals surface area contributed by atoms with Gasteiger partial charge in [-0.25, -0.2) is 0 Å². The SMILES string of the molecule is Cc1cc(C)c(NC(=O)C[NH+](C)CC(=O)Nc2ccccc2Cc2ccccc2)c(C)c1. The van der Waals surface area contributed by atoms with Crippen molar-refractivity contribution in [2.45, 2.75) is 27.2 Å². The molecule has 0 fully saturated rings. The minimum atomic E-state index is -0.112. The predicted molar refractivity (Wildman–Crippen MR) is 130 cm³/mol. The van der Waals surface area contributed by atoms with Crippen molar-refractivity contribution in [1.82, 2.24) is 0 Å². The number of hydrogen-bond acceptors (Lipinski definition) is 2. The quantitative estimate of drug-likeness (QED) is 0.514. The molecule has 3 aromatic carbocycles. The van der Waals surface area contributed by atoms with Crippen molar-refractivity contribution < 1.29 is 14.5 Å². The Morgan fingerprint density at radius 1 is 0.781 bits per heavy atom. The lowest BCUT2D eigenvalue weighted by atomic mass is 10.0. The third-order valence-electron chi connectivity index (χ3n) is 5.39. The molecule has 3 aromatic rings. The van der Waals surface area contributed by atoms with E-state index in [-0.39, 0.29) is 24.9 Å². The van der Waals surface area contributed by atoms with E-state index in [0.717, 1.165) is 39.4 Å². The number of carbonyl (C=O) groups is 2. The summed E-state index contributed by atoms with van der Waals surface area (Å²) in [4.78, 5) is 26.0. The summed E-state index contributed by atoms with van der Waals surface area (Å²) >= 11 is 0. The summed E-state index contributed by atoms with van der Waals surface area (Å²) in [5, 5.41) is 6.02. The van der Waals surface area contributed by atoms with Gasteiger partial charge in [-0.3, -0.25) is 9.59 Å². The summed E-state index contributed by atoms with van der Waals surface area (Å²) < 4.78 is 0. The number of benzene rings is 3. The van der Waals surface area contributed by atoms with E-state index >= 15 is 0 Å². The minimum absolute atomic E-state index is 0.102. The number of rotatable bonds is 8. The second-order valence-corrected chi connectivity index (χ2v) is 8.50. The Kier molecular flexibility index (Phi) is 7.79. The van der Waals surface area contributed by atoms with Gasteiger partial charge in [-0.2, -0.15) is 0 Å². The van der Waals surface area contributed by atoms with Gasteiger partial charge in [-0.1, -0.05) is 66.2 Å². The second-order valence-electron chi connectivity index (χ2n) is 8.50. The van der Waals surface area contributed by atoms with Gasteiger partial charge in [0.1, 0.15) is 0 Å². The number of hydrogen-bond donors (Lipinski definition) is 3. The molecule has 166 valence electrons. The number of quaternary nitrogens is 1. The van der Waals surface area contributed by atoms with Crippen molar-refractivity contribution in [3.8, 4) is 0 Å². The Hall–Kier alpha value is -3.44. The van der Waals surface area contributed by atoms with Crippen molar-refractivity contribution in [3.63, 3.8) is 0 Å². The molecule has 0 spiro atoms. The molecule has 0 aliphatic carbocycles. The Morgan fingerprint density at radius 2 is 1.34 bits per heavy atom. The molecule has 0 saturated heterocycles. The van der Waals surface area contributed by atoms with E-state index in [2.05, 4.69) is 34.9 Å². The van der Waals surface area contributed by atoms with Crippen LogP contribution >= 0.6 is 0 Å². The molecule has 1 unspecified atom stereocenters. The number of nitrogens with one attached hydrogen (secondary N) is 3. The first-order chi connectivity index (χ1) is 15.3. The summed E-state index contributed by atoms with van der Waals surface area (Å²) in [5.74, 6) is -0.215. The van der Waals surface area contributed by atoms with Gasteiger partial charge in [-0.15, -0.1) is 0 Å². The monoisotopic (exact) mass is 430 g/mol. The number of aryl methyl sites for hydroxylation is 3. The van der Waals surface area contributed by atoms with Gasteiger partial charge in [0.2, 0.25) is 0 Å². The molecule has 3 rings (SSSR count). The maximum Gasteiger partial charge on any atom is 0.279 e. The van der Waals surface area contributed by atoms with Crippen LogP contribution in [0.4, 0.5) is 11.4 Å². The average Bonchev–Trinajstić information content (AvgIpc) is 2.72. The molecule has 0 saturated carbocycles. The molecule has 3 N–H and O–H groups in total. The maximum atomic E-state index is 12.6. The van der Waals surface area contributed by atoms with E-state index in [1.54, 1.807) is 0 Å². The Labute approximate surface area is 190 Å². The first-order valence-electron chi connectivity index (χ1n) is 10.9. The molecule has 2 amide bonds. The van der Waals surface area contributed by atoms with Crippen molar-refractivity contribution in [2.75, 3.05) is 30.8 Å². The fourth-order valence-corrected chi connectivity index (χ4v) is 3.98. The van der Waals surface area contributed by atoms with Crippen LogP contribution in [0.15, 0.2) is 66.7 Å². The number of likely N-dealkylation sites (N-methyl/N-ethyl adjacent to an activating group) is 1. The zero-order valence-corrected chi connectivity index (χ0v) is 19.3. The van der Waals surface area contributed by atoms with Crippen LogP contribution in [-0.4, -0.2) is 32.0 Å². The molecule has 0 aliphatic heterocycles. The van der Waals surface area contributed by atoms with Gasteiger partial charge in [0.15, 0.2) is 13.1 Å². The van der Waals surface area contributed by atoms with Crippen LogP contribution in [0.25, 0.3) is 0 Å². The van der Waals surface area contributed by atoms with Crippen LogP contribution < -0.4 is 15.5 Å². The summed E-state index contributed by atoms with van der Waals surface area (Å²) in [5.41, 5.74) is 7.17. The zero-order valence-electron chi connectivity index (χ0n) is 19.3. The third-order valence-corrected chi connectivity index (χ3v) is 5.39. The highest BCUT2D eigenvalue weighted by molar-refractivity contribution is 5.94. The number of para-hydroxylation sites is 1. The fraction of sp³-hybridized carbons (Fsp3) is 0.259. The predicted octanol–water partition coefficient (Wildman–Crippen LogP) is 3.29. The van der Waals surface area contributed by atoms with Gasteiger partial charge in [-0.05, 0) is 55.5 Å². The first kappa shape index (κ1) is 23.2. The van der Waals surface area contributed by atoms with Crippen LogP contribution in [0, 0.1) is 20.8 Å². The molecule has 0 aliphatic rings. The number of anilines is 2. The third kappa shape index (κ3) is 6.53. The molecule has 0 bridgehead atoms. The fourth-order valence-electron chi connectivity index (χ4n) is 3.98. The highest BCUT2D eigenvalue weighted by Crippen LogP contribution is 2.21. The van der Waals surface area contributed by atoms with Crippen LogP contribution in [0.2, 0.25) is 0 Å². The highest BCUT2D eigenvalue weighted by atomic mass is 16.2. The van der Waals surface area contributed by atoms with Crippen molar-refractivity contribution in [1.29, 1.82) is 0 Å². The van der Waals surface area contributed by atoms with E-state index in [0.29, 0.717) is 0 Å². The molecule has 32 heavy (non-hydrogen) atoms. The average molecular weight is 431 g/mol. The van der Waals surface area contributed by atoms with Crippen molar-refractivity contribution >= 4 is 23.2 Å². The van der Waals surface area contributed by atoms with Gasteiger partial charge in [0, 0.05) is 11.4 Å². The van der Waals surface area contributed by atoms with Crippen LogP contribution in [-0.2, 0) is 16.0 Å². The molecule has 0 radical (unpaired) electrons. The van der Waals surface area contributed by atoms with Crippen LogP contribution in [0.1, 0.15) is 27.8 Å². The van der Waals surface area contributed by atoms with Crippen LogP contribution in [0.3, 0.4) is 0 Å². The lowest BCUT2D eigenvalue weighted by Gasteiger charge is -2.17. The smallest absolute Gasteiger partial charge is 0.279 e. The van der Waals surface area contributed by atoms with E-state index in [1.807, 2.05) is 70.3 Å². The lowest BCUT2D eigenvalue weighted by Crippen LogP contribution is -3.11. The van der Waals surface area contributed by atoms with Gasteiger partial charge in [0.05, 0.1) is 7.05 Å². The van der Waals surface area contributed by atoms with E-state index < -0.39 is 0 Å². The minimum Gasteiger partial charge on any atom is -0.322 e. The van der Waals surface area contributed by atoms with Crippen molar-refractivity contribution in [2.24, 2.45) is 0 Å². The molecule has 0 aromatic heterocycles. The highest BCUT2D eigenvalue weighted by Gasteiger charge is 2.17. The molecular weight excluding hydrogens is 398 g/mol. The Bertz CT molecular complexity index is 1070. The number of amides is 2. The molecular formula is C27H32N3O2+. The summed E-state index contributed by atoms with van der Waals surface area (Å²) in [6, 6.07) is 22.1. The molecule has 5 nitrogen and oxygen atoms in total. The first-order valence-corrected chi connectivity index (χ1v) is 10.9. The molecule has 0 heterocycles. The van der Waals surface area contributed by atoms with Gasteiger partial charge < -0.3 is 15.5 Å². The van der Waals surface area contributed by atoms with E-state index in [1.165, 1.54) is 11.1 Å². The van der Waals surface area contributed by atoms with Gasteiger partial charge >= 0.3 is 0 Å². The topological polar surface area (TPSA) is 62.6 Å². The summed E-state index contributed by atoms with van der Waals surface area (Å²) in [6.45, 7) is 6.45. The normalized spacial score (nSPS) is 11.6. The zero-order chi connectivity index (χ0) is 23.1. The lowest BCUT2D eigenvalue weighted by molar-refractivity contribution is -0.862. The Balaban J connectivity index is 1.56. The summed E-state index contributed by atoms with van der Waals surface area (Å²) in [6.07, 6.45) is 0.748. The largest absolute Gasteiger partial charge is 0.322 e. The second kappa shape index (κ2) is 10.7. The number of carbonyl (C=O) groups excluding carboxylic acids is 2.